The van der Waals surface area contributed by atoms with Crippen LogP contribution in [0.3, 0.4) is 0 Å². The molecule has 0 spiro atoms. The predicted molar refractivity (Wildman–Crippen MR) is 95.6 cm³/mol. The van der Waals surface area contributed by atoms with Crippen molar-refractivity contribution < 1.29 is 4.74 Å². The van der Waals surface area contributed by atoms with Gasteiger partial charge in [0.15, 0.2) is 0 Å². The molecule has 5 heteroatoms. The molecule has 1 N–H and O–H groups in total. The first-order valence-electron chi connectivity index (χ1n) is 9.18. The molecule has 2 atom stereocenters. The number of aromatic amines is 1. The maximum absolute atomic E-state index is 12.5. The summed E-state index contributed by atoms with van der Waals surface area (Å²) in [4.78, 5) is 18.1. The molecule has 2 fully saturated rings. The van der Waals surface area contributed by atoms with Crippen LogP contribution in [0.15, 0.2) is 23.0 Å². The summed E-state index contributed by atoms with van der Waals surface area (Å²) in [6.07, 6.45) is 4.75. The first-order valence-corrected chi connectivity index (χ1v) is 9.18. The van der Waals surface area contributed by atoms with Crippen LogP contribution >= 0.6 is 0 Å². The maximum atomic E-state index is 12.5. The van der Waals surface area contributed by atoms with Crippen molar-refractivity contribution in [1.82, 2.24) is 14.5 Å². The molecule has 24 heavy (non-hydrogen) atoms. The van der Waals surface area contributed by atoms with Crippen LogP contribution in [-0.2, 0) is 4.74 Å². The highest BCUT2D eigenvalue weighted by Gasteiger charge is 2.30. The number of ether oxygens (including phenoxy) is 1. The molecule has 130 valence electrons. The van der Waals surface area contributed by atoms with E-state index in [1.54, 1.807) is 0 Å². The Morgan fingerprint density at radius 2 is 1.96 bits per heavy atom. The summed E-state index contributed by atoms with van der Waals surface area (Å²) in [5.41, 5.74) is 3.24. The van der Waals surface area contributed by atoms with Gasteiger partial charge in [-0.1, -0.05) is 6.07 Å². The molecule has 5 nitrogen and oxygen atoms in total. The third-order valence-corrected chi connectivity index (χ3v) is 5.71. The van der Waals surface area contributed by atoms with E-state index in [0.29, 0.717) is 18.2 Å². The number of nitrogens with zero attached hydrogens (tertiary/aromatic N) is 2. The summed E-state index contributed by atoms with van der Waals surface area (Å²) in [6.45, 7) is 7.29. The molecule has 1 aromatic heterocycles. The molecule has 0 aliphatic carbocycles. The van der Waals surface area contributed by atoms with Crippen LogP contribution in [0.1, 0.15) is 44.2 Å². The van der Waals surface area contributed by atoms with Gasteiger partial charge in [-0.25, -0.2) is 4.79 Å². The van der Waals surface area contributed by atoms with Gasteiger partial charge in [-0.05, 0) is 57.2 Å². The summed E-state index contributed by atoms with van der Waals surface area (Å²) >= 11 is 0. The molecule has 0 amide bonds. The molecule has 2 saturated heterocycles. The Bertz CT molecular complexity index is 771. The number of aromatic nitrogens is 2. The van der Waals surface area contributed by atoms with Crippen molar-refractivity contribution in [1.29, 1.82) is 0 Å². The van der Waals surface area contributed by atoms with E-state index in [0.717, 1.165) is 56.4 Å². The molecule has 4 rings (SSSR count). The zero-order valence-electron chi connectivity index (χ0n) is 14.6. The van der Waals surface area contributed by atoms with Crippen LogP contribution in [0.2, 0.25) is 0 Å². The number of imidazole rings is 1. The van der Waals surface area contributed by atoms with Crippen molar-refractivity contribution in [3.8, 4) is 0 Å². The van der Waals surface area contributed by atoms with E-state index in [-0.39, 0.29) is 5.69 Å². The number of nitrogens with one attached hydrogen (secondary N) is 1. The van der Waals surface area contributed by atoms with Crippen molar-refractivity contribution >= 4 is 11.0 Å². The van der Waals surface area contributed by atoms with Gasteiger partial charge in [-0.3, -0.25) is 4.57 Å². The molecule has 1 aromatic carbocycles. The molecular weight excluding hydrogens is 302 g/mol. The van der Waals surface area contributed by atoms with Gasteiger partial charge >= 0.3 is 5.69 Å². The van der Waals surface area contributed by atoms with Crippen LogP contribution < -0.4 is 5.69 Å². The highest BCUT2D eigenvalue weighted by Crippen LogP contribution is 2.29. The highest BCUT2D eigenvalue weighted by atomic mass is 16.5. The monoisotopic (exact) mass is 329 g/mol. The zero-order chi connectivity index (χ0) is 16.7. The van der Waals surface area contributed by atoms with Crippen LogP contribution in [0.5, 0.6) is 0 Å². The van der Waals surface area contributed by atoms with E-state index in [4.69, 9.17) is 4.74 Å². The fourth-order valence-electron chi connectivity index (χ4n) is 4.41. The van der Waals surface area contributed by atoms with E-state index in [9.17, 15) is 4.79 Å². The largest absolute Gasteiger partial charge is 0.378 e. The van der Waals surface area contributed by atoms with E-state index < -0.39 is 0 Å². The minimum absolute atomic E-state index is 0.0359. The molecule has 2 aliphatic rings. The van der Waals surface area contributed by atoms with Crippen LogP contribution in [0.4, 0.5) is 0 Å². The first kappa shape index (κ1) is 15.9. The summed E-state index contributed by atoms with van der Waals surface area (Å²) in [5.74, 6) is 0. The van der Waals surface area contributed by atoms with E-state index in [1.165, 1.54) is 5.56 Å². The molecule has 0 saturated carbocycles. The van der Waals surface area contributed by atoms with Gasteiger partial charge < -0.3 is 14.6 Å². The van der Waals surface area contributed by atoms with Gasteiger partial charge in [0.2, 0.25) is 0 Å². The smallest absolute Gasteiger partial charge is 0.326 e. The normalized spacial score (nSPS) is 26.9. The minimum atomic E-state index is 0.0359. The highest BCUT2D eigenvalue weighted by molar-refractivity contribution is 5.76. The van der Waals surface area contributed by atoms with Crippen LogP contribution in [-0.4, -0.2) is 46.3 Å². The lowest BCUT2D eigenvalue weighted by Gasteiger charge is -2.40. The number of likely N-dealkylation sites (tertiary alicyclic amines) is 1. The molecule has 2 aromatic rings. The van der Waals surface area contributed by atoms with Gasteiger partial charge in [0.1, 0.15) is 0 Å². The van der Waals surface area contributed by atoms with Gasteiger partial charge in [0, 0.05) is 31.8 Å². The lowest BCUT2D eigenvalue weighted by molar-refractivity contribution is -0.0241. The van der Waals surface area contributed by atoms with Gasteiger partial charge in [-0.2, -0.15) is 0 Å². The molecule has 2 aliphatic heterocycles. The fourth-order valence-corrected chi connectivity index (χ4v) is 4.41. The number of hydrogen-bond acceptors (Lipinski definition) is 3. The topological polar surface area (TPSA) is 50.3 Å². The number of H-pyrrole nitrogens is 1. The Balaban J connectivity index is 1.51. The third kappa shape index (κ3) is 2.91. The third-order valence-electron chi connectivity index (χ3n) is 5.71. The Labute approximate surface area is 142 Å². The molecule has 0 radical (unpaired) electrons. The minimum Gasteiger partial charge on any atom is -0.378 e. The van der Waals surface area contributed by atoms with E-state index in [2.05, 4.69) is 35.9 Å². The Kier molecular flexibility index (Phi) is 4.22. The van der Waals surface area contributed by atoms with E-state index in [1.807, 2.05) is 10.6 Å². The number of aryl methyl sites for hydroxylation is 1. The second-order valence-electron chi connectivity index (χ2n) is 7.45. The van der Waals surface area contributed by atoms with Gasteiger partial charge in [0.25, 0.3) is 0 Å². The van der Waals surface area contributed by atoms with Gasteiger partial charge in [-0.15, -0.1) is 0 Å². The van der Waals surface area contributed by atoms with Crippen LogP contribution in [0.25, 0.3) is 11.0 Å². The molecule has 2 unspecified atom stereocenters. The standard InChI is InChI=1S/C19H27N3O2/c1-13-3-4-17-18(11-13)22(19(23)20-17)15-5-8-21(9-6-15)16-7-10-24-14(2)12-16/h3-4,11,14-16H,5-10,12H2,1-2H3,(H,20,23). The Morgan fingerprint density at radius 3 is 2.71 bits per heavy atom. The summed E-state index contributed by atoms with van der Waals surface area (Å²) < 4.78 is 7.67. The summed E-state index contributed by atoms with van der Waals surface area (Å²) in [7, 11) is 0. The van der Waals surface area contributed by atoms with Crippen molar-refractivity contribution in [3.63, 3.8) is 0 Å². The second-order valence-corrected chi connectivity index (χ2v) is 7.45. The Morgan fingerprint density at radius 1 is 1.17 bits per heavy atom. The lowest BCUT2D eigenvalue weighted by atomic mass is 9.97. The summed E-state index contributed by atoms with van der Waals surface area (Å²) in [6, 6.07) is 7.15. The Hall–Kier alpha value is -1.59. The first-order chi connectivity index (χ1) is 11.6. The molecular formula is C19H27N3O2. The quantitative estimate of drug-likeness (QED) is 0.922. The number of piperidine rings is 1. The lowest BCUT2D eigenvalue weighted by Crippen LogP contribution is -2.46. The zero-order valence-corrected chi connectivity index (χ0v) is 14.6. The number of rotatable bonds is 2. The van der Waals surface area contributed by atoms with E-state index >= 15 is 0 Å². The summed E-state index contributed by atoms with van der Waals surface area (Å²) in [5, 5.41) is 0. The fraction of sp³-hybridized carbons (Fsp3) is 0.632. The van der Waals surface area contributed by atoms with Crippen molar-refractivity contribution in [2.24, 2.45) is 0 Å². The average Bonchev–Trinajstić information content (AvgIpc) is 2.90. The molecule has 3 heterocycles. The number of benzene rings is 1. The van der Waals surface area contributed by atoms with Crippen molar-refractivity contribution in [2.75, 3.05) is 19.7 Å². The average molecular weight is 329 g/mol. The number of hydrogen-bond donors (Lipinski definition) is 1. The van der Waals surface area contributed by atoms with Crippen molar-refractivity contribution in [3.05, 3.63) is 34.2 Å². The second kappa shape index (κ2) is 6.37. The number of fused-ring (bicyclic) bond motifs is 1. The maximum Gasteiger partial charge on any atom is 0.326 e. The van der Waals surface area contributed by atoms with Crippen molar-refractivity contribution in [2.45, 2.75) is 57.7 Å². The van der Waals surface area contributed by atoms with Gasteiger partial charge in [0.05, 0.1) is 17.1 Å². The van der Waals surface area contributed by atoms with Crippen LogP contribution in [0, 0.1) is 6.92 Å². The molecule has 0 bridgehead atoms. The predicted octanol–water partition coefficient (Wildman–Crippen LogP) is 2.84. The SMILES string of the molecule is Cc1ccc2[nH]c(=O)n(C3CCN(C4CCOC(C)C4)CC3)c2c1.